The SMILES string of the molecule is O=C1C=C(N2CCC3(CCN(C[C@H](O)c4ccc(-n5cnnn5)cc4F)CC3)CC2)CO1. The lowest BCUT2D eigenvalue weighted by Crippen LogP contribution is -2.47. The van der Waals surface area contributed by atoms with Crippen molar-refractivity contribution in [3.63, 3.8) is 0 Å². The maximum atomic E-state index is 14.6. The number of hydrogen-bond donors (Lipinski definition) is 1. The number of aromatic nitrogens is 4. The topological polar surface area (TPSA) is 96.6 Å². The Morgan fingerprint density at radius 2 is 1.91 bits per heavy atom. The molecule has 0 bridgehead atoms. The summed E-state index contributed by atoms with van der Waals surface area (Å²) in [6.07, 6.45) is 6.46. The van der Waals surface area contributed by atoms with Gasteiger partial charge in [0.2, 0.25) is 0 Å². The Labute approximate surface area is 185 Å². The summed E-state index contributed by atoms with van der Waals surface area (Å²) in [5, 5.41) is 21.5. The number of tetrazole rings is 1. The molecule has 1 atom stereocenters. The molecule has 1 spiro atoms. The number of esters is 1. The highest BCUT2D eigenvalue weighted by molar-refractivity contribution is 5.85. The van der Waals surface area contributed by atoms with E-state index >= 15 is 0 Å². The molecule has 3 aliphatic heterocycles. The third-order valence-electron chi connectivity index (χ3n) is 7.18. The predicted molar refractivity (Wildman–Crippen MR) is 112 cm³/mol. The van der Waals surface area contributed by atoms with Crippen molar-refractivity contribution in [1.82, 2.24) is 30.0 Å². The Morgan fingerprint density at radius 1 is 1.16 bits per heavy atom. The van der Waals surface area contributed by atoms with Crippen molar-refractivity contribution in [3.8, 4) is 5.69 Å². The molecule has 2 saturated heterocycles. The number of ether oxygens (including phenoxy) is 1. The number of benzene rings is 1. The number of β-amino-alcohol motifs (C(OH)–C–C–N with tert-alkyl or cyclic N) is 1. The molecule has 2 fully saturated rings. The minimum atomic E-state index is -0.888. The molecule has 9 nitrogen and oxygen atoms in total. The Kier molecular flexibility index (Phi) is 5.64. The summed E-state index contributed by atoms with van der Waals surface area (Å²) in [6, 6.07) is 4.64. The third-order valence-corrected chi connectivity index (χ3v) is 7.18. The smallest absolute Gasteiger partial charge is 0.333 e. The van der Waals surface area contributed by atoms with Gasteiger partial charge in [-0.25, -0.2) is 13.9 Å². The summed E-state index contributed by atoms with van der Waals surface area (Å²) in [5.41, 5.74) is 2.12. The lowest BCUT2D eigenvalue weighted by atomic mass is 9.71. The molecule has 4 heterocycles. The van der Waals surface area contributed by atoms with Gasteiger partial charge in [0.05, 0.1) is 17.5 Å². The van der Waals surface area contributed by atoms with E-state index in [2.05, 4.69) is 25.3 Å². The number of piperidine rings is 2. The fraction of sp³-hybridized carbons (Fsp3) is 0.545. The molecule has 1 aromatic carbocycles. The van der Waals surface area contributed by atoms with Crippen molar-refractivity contribution in [2.75, 3.05) is 39.3 Å². The Morgan fingerprint density at radius 3 is 2.53 bits per heavy atom. The van der Waals surface area contributed by atoms with Crippen molar-refractivity contribution < 1.29 is 19.0 Å². The summed E-state index contributed by atoms with van der Waals surface area (Å²) >= 11 is 0. The number of likely N-dealkylation sites (tertiary alicyclic amines) is 2. The van der Waals surface area contributed by atoms with E-state index in [0.717, 1.165) is 57.6 Å². The van der Waals surface area contributed by atoms with Crippen LogP contribution in [0.5, 0.6) is 0 Å². The van der Waals surface area contributed by atoms with Gasteiger partial charge in [0, 0.05) is 37.3 Å². The summed E-state index contributed by atoms with van der Waals surface area (Å²) in [5.74, 6) is -0.705. The fourth-order valence-electron chi connectivity index (χ4n) is 5.08. The summed E-state index contributed by atoms with van der Waals surface area (Å²) in [7, 11) is 0. The van der Waals surface area contributed by atoms with E-state index in [0.29, 0.717) is 24.3 Å². The largest absolute Gasteiger partial charge is 0.456 e. The molecule has 1 aromatic heterocycles. The number of carbonyl (C=O) groups is 1. The minimum absolute atomic E-state index is 0.242. The number of halogens is 1. The van der Waals surface area contributed by atoms with Crippen LogP contribution in [0.2, 0.25) is 0 Å². The number of carbonyl (C=O) groups excluding carboxylic acids is 1. The second-order valence-electron chi connectivity index (χ2n) is 9.01. The van der Waals surface area contributed by atoms with E-state index < -0.39 is 11.9 Å². The molecule has 0 amide bonds. The van der Waals surface area contributed by atoms with Gasteiger partial charge >= 0.3 is 5.97 Å². The number of rotatable bonds is 5. The minimum Gasteiger partial charge on any atom is -0.456 e. The molecule has 10 heteroatoms. The zero-order valence-electron chi connectivity index (χ0n) is 17.9. The van der Waals surface area contributed by atoms with Crippen molar-refractivity contribution in [1.29, 1.82) is 0 Å². The van der Waals surface area contributed by atoms with Gasteiger partial charge in [-0.05, 0) is 60.7 Å². The molecular weight excluding hydrogens is 415 g/mol. The summed E-state index contributed by atoms with van der Waals surface area (Å²) in [6.45, 7) is 4.49. The van der Waals surface area contributed by atoms with Crippen LogP contribution in [0.15, 0.2) is 36.3 Å². The van der Waals surface area contributed by atoms with Crippen molar-refractivity contribution >= 4 is 5.97 Å². The van der Waals surface area contributed by atoms with Crippen LogP contribution in [0.4, 0.5) is 4.39 Å². The maximum Gasteiger partial charge on any atom is 0.333 e. The van der Waals surface area contributed by atoms with Gasteiger partial charge in [-0.2, -0.15) is 0 Å². The Bertz CT molecular complexity index is 993. The number of aliphatic hydroxyl groups excluding tert-OH is 1. The zero-order chi connectivity index (χ0) is 22.1. The summed E-state index contributed by atoms with van der Waals surface area (Å²) < 4.78 is 21.0. The molecule has 0 aliphatic carbocycles. The van der Waals surface area contributed by atoms with Gasteiger partial charge < -0.3 is 19.6 Å². The maximum absolute atomic E-state index is 14.6. The first-order chi connectivity index (χ1) is 15.5. The van der Waals surface area contributed by atoms with Crippen LogP contribution in [-0.4, -0.2) is 80.4 Å². The molecule has 170 valence electrons. The lowest BCUT2D eigenvalue weighted by Gasteiger charge is -2.47. The predicted octanol–water partition coefficient (Wildman–Crippen LogP) is 1.45. The van der Waals surface area contributed by atoms with E-state index in [1.165, 1.54) is 17.1 Å². The average Bonchev–Trinajstić information content (AvgIpc) is 3.48. The summed E-state index contributed by atoms with van der Waals surface area (Å²) in [4.78, 5) is 15.8. The first-order valence-electron chi connectivity index (χ1n) is 11.1. The van der Waals surface area contributed by atoms with Crippen LogP contribution in [0.1, 0.15) is 37.4 Å². The molecular formula is C22H27FN6O3. The van der Waals surface area contributed by atoms with Crippen LogP contribution >= 0.6 is 0 Å². The molecule has 0 radical (unpaired) electrons. The third kappa shape index (κ3) is 4.24. The lowest BCUT2D eigenvalue weighted by molar-refractivity contribution is -0.135. The molecule has 0 saturated carbocycles. The van der Waals surface area contributed by atoms with Gasteiger partial charge in [-0.3, -0.25) is 0 Å². The van der Waals surface area contributed by atoms with E-state index in [1.807, 2.05) is 0 Å². The molecule has 3 aliphatic rings. The highest BCUT2D eigenvalue weighted by atomic mass is 19.1. The number of nitrogens with zero attached hydrogens (tertiary/aromatic N) is 6. The number of hydrogen-bond acceptors (Lipinski definition) is 8. The van der Waals surface area contributed by atoms with Gasteiger partial charge in [0.25, 0.3) is 0 Å². The normalized spacial score (nSPS) is 22.1. The van der Waals surface area contributed by atoms with Crippen LogP contribution in [0.3, 0.4) is 0 Å². The van der Waals surface area contributed by atoms with E-state index in [9.17, 15) is 14.3 Å². The van der Waals surface area contributed by atoms with Crippen molar-refractivity contribution in [2.45, 2.75) is 31.8 Å². The van der Waals surface area contributed by atoms with E-state index in [4.69, 9.17) is 4.74 Å². The first kappa shape index (κ1) is 21.0. The van der Waals surface area contributed by atoms with Crippen LogP contribution in [-0.2, 0) is 9.53 Å². The highest BCUT2D eigenvalue weighted by Gasteiger charge is 2.38. The molecule has 0 unspecified atom stereocenters. The number of aliphatic hydroxyl groups is 1. The van der Waals surface area contributed by atoms with Crippen molar-refractivity contribution in [2.24, 2.45) is 5.41 Å². The monoisotopic (exact) mass is 442 g/mol. The Balaban J connectivity index is 1.14. The molecule has 2 aromatic rings. The van der Waals surface area contributed by atoms with Gasteiger partial charge in [0.15, 0.2) is 0 Å². The van der Waals surface area contributed by atoms with E-state index in [-0.39, 0.29) is 11.5 Å². The number of cyclic esters (lactones) is 1. The van der Waals surface area contributed by atoms with Crippen molar-refractivity contribution in [3.05, 3.63) is 47.7 Å². The average molecular weight is 442 g/mol. The van der Waals surface area contributed by atoms with Crippen LogP contribution in [0, 0.1) is 11.2 Å². The first-order valence-corrected chi connectivity index (χ1v) is 11.1. The second-order valence-corrected chi connectivity index (χ2v) is 9.01. The molecule has 5 rings (SSSR count). The highest BCUT2D eigenvalue weighted by Crippen LogP contribution is 2.42. The Hall–Kier alpha value is -2.85. The van der Waals surface area contributed by atoms with Gasteiger partial charge in [0.1, 0.15) is 18.8 Å². The molecule has 1 N–H and O–H groups in total. The van der Waals surface area contributed by atoms with Crippen LogP contribution in [0.25, 0.3) is 5.69 Å². The standard InChI is InChI=1S/C22H27FN6O3/c23-19-11-16(29-15-24-25-26-29)1-2-18(19)20(30)13-27-7-3-22(4-8-27)5-9-28(10-6-22)17-12-21(31)32-14-17/h1-2,11-12,15,20,30H,3-10,13-14H2/t20-/m0/s1. The van der Waals surface area contributed by atoms with E-state index in [1.54, 1.807) is 18.2 Å². The van der Waals surface area contributed by atoms with Crippen LogP contribution < -0.4 is 0 Å². The van der Waals surface area contributed by atoms with Gasteiger partial charge in [-0.15, -0.1) is 5.10 Å². The molecule has 32 heavy (non-hydrogen) atoms. The fourth-order valence-corrected chi connectivity index (χ4v) is 5.08. The van der Waals surface area contributed by atoms with Gasteiger partial charge in [-0.1, -0.05) is 6.07 Å². The zero-order valence-corrected chi connectivity index (χ0v) is 17.9. The second kappa shape index (κ2) is 8.59. The quantitative estimate of drug-likeness (QED) is 0.696.